The van der Waals surface area contributed by atoms with Crippen LogP contribution in [0.25, 0.3) is 0 Å². The zero-order valence-corrected chi connectivity index (χ0v) is 15.2. The van der Waals surface area contributed by atoms with E-state index in [2.05, 4.69) is 9.71 Å². The summed E-state index contributed by atoms with van der Waals surface area (Å²) < 4.78 is 27.3. The van der Waals surface area contributed by atoms with Gasteiger partial charge in [0, 0.05) is 23.2 Å². The van der Waals surface area contributed by atoms with Gasteiger partial charge < -0.3 is 0 Å². The van der Waals surface area contributed by atoms with Crippen LogP contribution < -0.4 is 4.72 Å². The topological polar surface area (TPSA) is 76.1 Å². The quantitative estimate of drug-likeness (QED) is 0.801. The average Bonchev–Trinajstić information content (AvgIpc) is 2.88. The van der Waals surface area contributed by atoms with Gasteiger partial charge in [-0.15, -0.1) is 11.3 Å². The van der Waals surface area contributed by atoms with Crippen LogP contribution in [-0.4, -0.2) is 19.2 Å². The van der Waals surface area contributed by atoms with E-state index in [9.17, 15) is 13.2 Å². The molecular weight excluding hydrogens is 356 g/mol. The minimum Gasteiger partial charge on any atom is -0.299 e. The summed E-state index contributed by atoms with van der Waals surface area (Å²) in [5, 5.41) is 2.32. The fourth-order valence-electron chi connectivity index (χ4n) is 2.05. The molecule has 8 heteroatoms. The number of sulfonamides is 1. The van der Waals surface area contributed by atoms with E-state index in [1.165, 1.54) is 6.07 Å². The number of rotatable bonds is 7. The van der Waals surface area contributed by atoms with Crippen LogP contribution in [0.15, 0.2) is 28.5 Å². The van der Waals surface area contributed by atoms with Crippen LogP contribution in [-0.2, 0) is 21.2 Å². The molecule has 0 radical (unpaired) electrons. The summed E-state index contributed by atoms with van der Waals surface area (Å²) in [5.41, 5.74) is 1.06. The van der Waals surface area contributed by atoms with Gasteiger partial charge in [-0.3, -0.25) is 9.52 Å². The molecule has 0 unspecified atom stereocenters. The van der Waals surface area contributed by atoms with Crippen molar-refractivity contribution in [3.05, 3.63) is 39.9 Å². The van der Waals surface area contributed by atoms with Crippen LogP contribution in [0.3, 0.4) is 0 Å². The number of nitrogens with one attached hydrogen (secondary N) is 1. The Bertz CT molecular complexity index is 816. The molecule has 1 heterocycles. The Morgan fingerprint density at radius 1 is 1.39 bits per heavy atom. The lowest BCUT2D eigenvalue weighted by molar-refractivity contribution is -0.118. The average molecular weight is 373 g/mol. The first-order valence-corrected chi connectivity index (χ1v) is 9.81. The van der Waals surface area contributed by atoms with Crippen molar-refractivity contribution in [1.29, 1.82) is 0 Å². The maximum atomic E-state index is 12.4. The van der Waals surface area contributed by atoms with Crippen molar-refractivity contribution in [2.75, 3.05) is 4.72 Å². The molecule has 1 aromatic heterocycles. The molecule has 2 aromatic rings. The number of nitrogens with zero attached hydrogens (tertiary/aromatic N) is 1. The zero-order valence-electron chi connectivity index (χ0n) is 12.8. The van der Waals surface area contributed by atoms with Crippen LogP contribution in [0, 0.1) is 6.92 Å². The van der Waals surface area contributed by atoms with Crippen molar-refractivity contribution in [3.63, 3.8) is 0 Å². The number of aromatic nitrogens is 1. The Balaban J connectivity index is 2.17. The highest BCUT2D eigenvalue weighted by Crippen LogP contribution is 2.26. The molecule has 2 rings (SSSR count). The van der Waals surface area contributed by atoms with Gasteiger partial charge in [0.25, 0.3) is 10.0 Å². The van der Waals surface area contributed by atoms with E-state index >= 15 is 0 Å². The summed E-state index contributed by atoms with van der Waals surface area (Å²) in [5.74, 6) is 0.0953. The minimum atomic E-state index is -3.76. The fourth-order valence-corrected chi connectivity index (χ4v) is 4.52. The summed E-state index contributed by atoms with van der Waals surface area (Å²) >= 11 is 7.13. The number of Topliss-reactive ketones (excluding diaryl/α,β-unsaturated/α-hetero) is 1. The first-order valence-electron chi connectivity index (χ1n) is 7.07. The van der Waals surface area contributed by atoms with Gasteiger partial charge in [-0.05, 0) is 31.0 Å². The number of benzene rings is 1. The standard InChI is InChI=1S/C15H17ClN2O3S2/c1-3-5-12(19)8-11-9-22-15(17-11)18-23(20,21)14-7-4-6-13(16)10(14)2/h4,6-7,9H,3,5,8H2,1-2H3,(H,17,18). The Hall–Kier alpha value is -1.44. The Labute approximate surface area is 144 Å². The van der Waals surface area contributed by atoms with Gasteiger partial charge in [-0.2, -0.15) is 0 Å². The first-order chi connectivity index (χ1) is 10.8. The molecule has 0 saturated heterocycles. The Morgan fingerprint density at radius 3 is 2.83 bits per heavy atom. The van der Waals surface area contributed by atoms with Crippen molar-refractivity contribution in [2.45, 2.75) is 38.0 Å². The third-order valence-electron chi connectivity index (χ3n) is 3.19. The lowest BCUT2D eigenvalue weighted by atomic mass is 10.1. The molecule has 1 aromatic carbocycles. The van der Waals surface area contributed by atoms with E-state index < -0.39 is 10.0 Å². The third kappa shape index (κ3) is 4.53. The van der Waals surface area contributed by atoms with Crippen molar-refractivity contribution in [1.82, 2.24) is 4.98 Å². The van der Waals surface area contributed by atoms with E-state index in [1.54, 1.807) is 24.4 Å². The van der Waals surface area contributed by atoms with Crippen LogP contribution >= 0.6 is 22.9 Å². The van der Waals surface area contributed by atoms with Crippen LogP contribution in [0.5, 0.6) is 0 Å². The van der Waals surface area contributed by atoms with Crippen LogP contribution in [0.1, 0.15) is 31.0 Å². The van der Waals surface area contributed by atoms with Gasteiger partial charge in [0.05, 0.1) is 10.6 Å². The third-order valence-corrected chi connectivity index (χ3v) is 6.02. The lowest BCUT2D eigenvalue weighted by Gasteiger charge is -2.09. The Morgan fingerprint density at radius 2 is 2.13 bits per heavy atom. The summed E-state index contributed by atoms with van der Waals surface area (Å²) in [6, 6.07) is 4.71. The number of ketones is 1. The predicted molar refractivity (Wildman–Crippen MR) is 92.7 cm³/mol. The number of thiazole rings is 1. The van der Waals surface area contributed by atoms with E-state index in [0.717, 1.165) is 17.8 Å². The molecule has 23 heavy (non-hydrogen) atoms. The van der Waals surface area contributed by atoms with Gasteiger partial charge in [-0.25, -0.2) is 13.4 Å². The van der Waals surface area contributed by atoms with E-state index in [1.807, 2.05) is 6.92 Å². The summed E-state index contributed by atoms with van der Waals surface area (Å²) in [6.45, 7) is 3.58. The number of carbonyl (C=O) groups is 1. The highest BCUT2D eigenvalue weighted by atomic mass is 35.5. The number of hydrogen-bond acceptors (Lipinski definition) is 5. The predicted octanol–water partition coefficient (Wildman–Crippen LogP) is 3.82. The highest BCUT2D eigenvalue weighted by molar-refractivity contribution is 7.93. The second kappa shape index (κ2) is 7.42. The summed E-state index contributed by atoms with van der Waals surface area (Å²) in [4.78, 5) is 15.9. The molecule has 0 fully saturated rings. The minimum absolute atomic E-state index is 0.0953. The highest BCUT2D eigenvalue weighted by Gasteiger charge is 2.20. The second-order valence-corrected chi connectivity index (χ2v) is 7.99. The smallest absolute Gasteiger partial charge is 0.263 e. The van der Waals surface area contributed by atoms with Gasteiger partial charge >= 0.3 is 0 Å². The normalized spacial score (nSPS) is 11.4. The number of halogens is 1. The molecule has 0 atom stereocenters. The molecule has 0 spiro atoms. The maximum Gasteiger partial charge on any atom is 0.263 e. The largest absolute Gasteiger partial charge is 0.299 e. The van der Waals surface area contributed by atoms with Gasteiger partial charge in [0.15, 0.2) is 5.13 Å². The first kappa shape index (κ1) is 17.9. The molecule has 5 nitrogen and oxygen atoms in total. The van der Waals surface area contributed by atoms with Crippen molar-refractivity contribution >= 4 is 43.9 Å². The second-order valence-electron chi connectivity index (χ2n) is 5.08. The maximum absolute atomic E-state index is 12.4. The number of carbonyl (C=O) groups excluding carboxylic acids is 1. The molecule has 0 amide bonds. The van der Waals surface area contributed by atoms with Crippen molar-refractivity contribution < 1.29 is 13.2 Å². The molecule has 0 aliphatic heterocycles. The molecular formula is C15H17ClN2O3S2. The lowest BCUT2D eigenvalue weighted by Crippen LogP contribution is -2.14. The molecule has 0 saturated carbocycles. The molecule has 0 aliphatic rings. The van der Waals surface area contributed by atoms with Crippen LogP contribution in [0.2, 0.25) is 5.02 Å². The summed E-state index contributed by atoms with van der Waals surface area (Å²) in [6.07, 6.45) is 1.51. The SMILES string of the molecule is CCCC(=O)Cc1csc(NS(=O)(=O)c2cccc(Cl)c2C)n1. The number of hydrogen-bond donors (Lipinski definition) is 1. The van der Waals surface area contributed by atoms with Gasteiger partial charge in [0.2, 0.25) is 0 Å². The zero-order chi connectivity index (χ0) is 17.0. The molecule has 1 N–H and O–H groups in total. The number of anilines is 1. The Kier molecular flexibility index (Phi) is 5.78. The fraction of sp³-hybridized carbons (Fsp3) is 0.333. The van der Waals surface area contributed by atoms with Crippen molar-refractivity contribution in [2.24, 2.45) is 0 Å². The molecule has 0 bridgehead atoms. The van der Waals surface area contributed by atoms with E-state index in [4.69, 9.17) is 11.6 Å². The summed E-state index contributed by atoms with van der Waals surface area (Å²) in [7, 11) is -3.76. The molecule has 124 valence electrons. The van der Waals surface area contributed by atoms with E-state index in [-0.39, 0.29) is 22.2 Å². The van der Waals surface area contributed by atoms with Gasteiger partial charge in [0.1, 0.15) is 5.78 Å². The van der Waals surface area contributed by atoms with E-state index in [0.29, 0.717) is 22.7 Å². The monoisotopic (exact) mass is 372 g/mol. The van der Waals surface area contributed by atoms with Crippen LogP contribution in [0.4, 0.5) is 5.13 Å². The van der Waals surface area contributed by atoms with Crippen molar-refractivity contribution in [3.8, 4) is 0 Å². The van der Waals surface area contributed by atoms with Gasteiger partial charge in [-0.1, -0.05) is 24.6 Å². The molecule has 0 aliphatic carbocycles.